The minimum absolute atomic E-state index is 0.143. The van der Waals surface area contributed by atoms with Crippen LogP contribution in [0, 0.1) is 0 Å². The minimum atomic E-state index is -1.84. The Morgan fingerprint density at radius 3 is 2.43 bits per heavy atom. The summed E-state index contributed by atoms with van der Waals surface area (Å²) >= 11 is 0. The van der Waals surface area contributed by atoms with Crippen LogP contribution in [0.15, 0.2) is 73.3 Å². The number of rotatable bonds is 6. The van der Waals surface area contributed by atoms with Crippen molar-refractivity contribution in [2.75, 3.05) is 11.9 Å². The third-order valence-corrected chi connectivity index (χ3v) is 5.58. The summed E-state index contributed by atoms with van der Waals surface area (Å²) in [5.74, 6) is -0.860. The minimum Gasteiger partial charge on any atom is -0.459 e. The Hall–Kier alpha value is -4.22. The smallest absolute Gasteiger partial charge is 0.338 e. The molecule has 0 saturated carbocycles. The number of imidazole rings is 1. The maximum absolute atomic E-state index is 15.0. The number of alkyl halides is 1. The van der Waals surface area contributed by atoms with Gasteiger partial charge in [-0.2, -0.15) is 0 Å². The topological polar surface area (TPSA) is 128 Å². The van der Waals surface area contributed by atoms with Crippen LogP contribution in [-0.4, -0.2) is 61.5 Å². The number of halogens is 1. The second-order valence-electron chi connectivity index (χ2n) is 7.83. The zero-order valence-corrected chi connectivity index (χ0v) is 18.2. The maximum Gasteiger partial charge on any atom is 0.338 e. The highest BCUT2D eigenvalue weighted by atomic mass is 19.1. The van der Waals surface area contributed by atoms with Gasteiger partial charge in [0.15, 0.2) is 29.4 Å². The summed E-state index contributed by atoms with van der Waals surface area (Å²) in [7, 11) is 0. The third-order valence-electron chi connectivity index (χ3n) is 5.58. The van der Waals surface area contributed by atoms with E-state index in [4.69, 9.17) is 9.47 Å². The van der Waals surface area contributed by atoms with Gasteiger partial charge >= 0.3 is 5.97 Å². The van der Waals surface area contributed by atoms with E-state index >= 15 is 4.39 Å². The average molecular weight is 477 g/mol. The summed E-state index contributed by atoms with van der Waals surface area (Å²) in [4.78, 5) is 37.2. The summed E-state index contributed by atoms with van der Waals surface area (Å²) in [6, 6.07) is 16.9. The van der Waals surface area contributed by atoms with Crippen LogP contribution in [0.4, 0.5) is 10.2 Å². The molecule has 11 heteroatoms. The molecule has 1 unspecified atom stereocenters. The maximum atomic E-state index is 15.0. The molecule has 3 heterocycles. The zero-order valence-electron chi connectivity index (χ0n) is 18.2. The molecule has 1 aliphatic heterocycles. The van der Waals surface area contributed by atoms with Gasteiger partial charge in [-0.15, -0.1) is 0 Å². The first-order valence-corrected chi connectivity index (χ1v) is 10.8. The van der Waals surface area contributed by atoms with Crippen molar-refractivity contribution in [3.63, 3.8) is 0 Å². The number of hydrogen-bond acceptors (Lipinski definition) is 8. The van der Waals surface area contributed by atoms with Gasteiger partial charge in [0.2, 0.25) is 0 Å². The van der Waals surface area contributed by atoms with Crippen LogP contribution in [0.5, 0.6) is 0 Å². The lowest BCUT2D eigenvalue weighted by molar-refractivity contribution is -0.0529. The number of aromatic nitrogens is 4. The second-order valence-corrected chi connectivity index (χ2v) is 7.83. The highest BCUT2D eigenvalue weighted by Crippen LogP contribution is 2.34. The van der Waals surface area contributed by atoms with Crippen molar-refractivity contribution < 1.29 is 28.6 Å². The standard InChI is InChI=1S/C24H20FN5O5/c25-17-19(31)16(11-34-24(33)15-9-5-2-6-10-15)35-23(17)30-13-28-18-20(26-12-27-21(18)30)29-22(32)14-7-3-1-4-8-14/h1-10,12-13,16-17,19,23,31H,11H2,(H,26,27,29,32)/t16-,17+,19-,23?/m1/s1. The van der Waals surface area contributed by atoms with Crippen LogP contribution in [0.2, 0.25) is 0 Å². The molecule has 5 rings (SSSR count). The Morgan fingerprint density at radius 2 is 1.71 bits per heavy atom. The molecule has 2 N–H and O–H groups in total. The zero-order chi connectivity index (χ0) is 24.4. The van der Waals surface area contributed by atoms with Crippen molar-refractivity contribution in [2.24, 2.45) is 0 Å². The van der Waals surface area contributed by atoms with Crippen molar-refractivity contribution in [1.82, 2.24) is 19.5 Å². The summed E-state index contributed by atoms with van der Waals surface area (Å²) in [6.07, 6.45) is -3.26. The number of carbonyl (C=O) groups is 2. The van der Waals surface area contributed by atoms with E-state index in [1.165, 1.54) is 17.2 Å². The summed E-state index contributed by atoms with van der Waals surface area (Å²) in [6.45, 7) is -0.341. The number of anilines is 1. The fraction of sp³-hybridized carbons (Fsp3) is 0.208. The molecule has 1 fully saturated rings. The van der Waals surface area contributed by atoms with Crippen molar-refractivity contribution in [3.8, 4) is 0 Å². The normalized spacial score (nSPS) is 21.7. The predicted octanol–water partition coefficient (Wildman–Crippen LogP) is 2.53. The first-order chi connectivity index (χ1) is 17.0. The lowest BCUT2D eigenvalue weighted by Crippen LogP contribution is -2.32. The van der Waals surface area contributed by atoms with Gasteiger partial charge in [-0.25, -0.2) is 24.1 Å². The number of amides is 1. The van der Waals surface area contributed by atoms with Gasteiger partial charge in [0.1, 0.15) is 25.1 Å². The van der Waals surface area contributed by atoms with Gasteiger partial charge in [-0.05, 0) is 24.3 Å². The van der Waals surface area contributed by atoms with Crippen LogP contribution >= 0.6 is 0 Å². The molecule has 4 atom stereocenters. The Morgan fingerprint density at radius 1 is 1.03 bits per heavy atom. The molecule has 0 radical (unpaired) electrons. The van der Waals surface area contributed by atoms with Gasteiger partial charge in [0.25, 0.3) is 5.91 Å². The van der Waals surface area contributed by atoms with Crippen molar-refractivity contribution in [1.29, 1.82) is 0 Å². The summed E-state index contributed by atoms with van der Waals surface area (Å²) in [5, 5.41) is 13.0. The van der Waals surface area contributed by atoms with Gasteiger partial charge in [0, 0.05) is 5.56 Å². The predicted molar refractivity (Wildman–Crippen MR) is 121 cm³/mol. The van der Waals surface area contributed by atoms with Crippen LogP contribution in [0.25, 0.3) is 11.2 Å². The van der Waals surface area contributed by atoms with E-state index in [1.54, 1.807) is 60.7 Å². The molecule has 2 aromatic carbocycles. The summed E-state index contributed by atoms with van der Waals surface area (Å²) < 4.78 is 27.2. The summed E-state index contributed by atoms with van der Waals surface area (Å²) in [5.41, 5.74) is 1.18. The number of aliphatic hydroxyl groups is 1. The number of aliphatic hydroxyl groups excluding tert-OH is 1. The molecule has 1 amide bonds. The van der Waals surface area contributed by atoms with E-state index in [0.29, 0.717) is 11.1 Å². The van der Waals surface area contributed by atoms with Gasteiger partial charge < -0.3 is 19.9 Å². The monoisotopic (exact) mass is 477 g/mol. The molecule has 0 bridgehead atoms. The van der Waals surface area contributed by atoms with Crippen LogP contribution in [0.1, 0.15) is 26.9 Å². The largest absolute Gasteiger partial charge is 0.459 e. The highest BCUT2D eigenvalue weighted by Gasteiger charge is 2.46. The van der Waals surface area contributed by atoms with Crippen LogP contribution in [-0.2, 0) is 9.47 Å². The van der Waals surface area contributed by atoms with E-state index in [0.717, 1.165) is 0 Å². The SMILES string of the molecule is O=C(Nc1ncnc2c1ncn2C1O[C@H](COC(=O)c2ccccc2)[C@@H](O)[C@@H]1F)c1ccccc1. The molecule has 0 aliphatic carbocycles. The Balaban J connectivity index is 1.32. The van der Waals surface area contributed by atoms with Crippen LogP contribution in [0.3, 0.4) is 0 Å². The van der Waals surface area contributed by atoms with E-state index in [9.17, 15) is 14.7 Å². The lowest BCUT2D eigenvalue weighted by Gasteiger charge is -2.15. The molecule has 0 spiro atoms. The van der Waals surface area contributed by atoms with Gasteiger partial charge in [0.05, 0.1) is 11.9 Å². The average Bonchev–Trinajstić information content (AvgIpc) is 3.45. The molecular weight excluding hydrogens is 457 g/mol. The second kappa shape index (κ2) is 9.57. The first kappa shape index (κ1) is 22.6. The molecule has 4 aromatic rings. The number of nitrogens with zero attached hydrogens (tertiary/aromatic N) is 4. The molecule has 178 valence electrons. The van der Waals surface area contributed by atoms with Crippen molar-refractivity contribution in [3.05, 3.63) is 84.4 Å². The van der Waals surface area contributed by atoms with Crippen LogP contribution < -0.4 is 5.32 Å². The Kier molecular flexibility index (Phi) is 6.17. The fourth-order valence-electron chi connectivity index (χ4n) is 3.78. The van der Waals surface area contributed by atoms with E-state index in [-0.39, 0.29) is 23.6 Å². The number of ether oxygens (including phenoxy) is 2. The molecular formula is C24H20FN5O5. The Bertz CT molecular complexity index is 1350. The number of nitrogens with one attached hydrogen (secondary N) is 1. The van der Waals surface area contributed by atoms with Crippen molar-refractivity contribution >= 4 is 28.9 Å². The van der Waals surface area contributed by atoms with Gasteiger partial charge in [-0.3, -0.25) is 9.36 Å². The Labute approximate surface area is 198 Å². The first-order valence-electron chi connectivity index (χ1n) is 10.8. The number of fused-ring (bicyclic) bond motifs is 1. The number of benzene rings is 2. The van der Waals surface area contributed by atoms with Crippen molar-refractivity contribution in [2.45, 2.75) is 24.6 Å². The van der Waals surface area contributed by atoms with E-state index in [2.05, 4.69) is 20.3 Å². The number of hydrogen-bond donors (Lipinski definition) is 2. The molecule has 1 aliphatic rings. The fourth-order valence-corrected chi connectivity index (χ4v) is 3.78. The highest BCUT2D eigenvalue weighted by molar-refractivity contribution is 6.06. The quantitative estimate of drug-likeness (QED) is 0.406. The molecule has 10 nitrogen and oxygen atoms in total. The van der Waals surface area contributed by atoms with E-state index in [1.807, 2.05) is 0 Å². The third kappa shape index (κ3) is 4.46. The molecule has 2 aromatic heterocycles. The lowest BCUT2D eigenvalue weighted by atomic mass is 10.1. The number of esters is 1. The van der Waals surface area contributed by atoms with E-state index < -0.39 is 36.5 Å². The molecule has 35 heavy (non-hydrogen) atoms. The number of carbonyl (C=O) groups excluding carboxylic acids is 2. The van der Waals surface area contributed by atoms with Gasteiger partial charge in [-0.1, -0.05) is 36.4 Å². The molecule has 1 saturated heterocycles.